The Morgan fingerprint density at radius 3 is 2.89 bits per heavy atom. The Labute approximate surface area is 115 Å². The quantitative estimate of drug-likeness (QED) is 0.697. The van der Waals surface area contributed by atoms with E-state index in [9.17, 15) is 0 Å². The molecular weight excluding hydrogens is 242 g/mol. The third-order valence-electron chi connectivity index (χ3n) is 3.10. The number of nitrogens with two attached hydrogens (primary N) is 1. The number of methoxy groups -OCH3 is 1. The molecule has 1 aromatic rings. The molecule has 0 fully saturated rings. The smallest absolute Gasteiger partial charge is 0.119 e. The van der Waals surface area contributed by atoms with Crippen LogP contribution in [0.25, 0.3) is 0 Å². The van der Waals surface area contributed by atoms with Gasteiger partial charge in [-0.3, -0.25) is 0 Å². The van der Waals surface area contributed by atoms with Crippen molar-refractivity contribution < 1.29 is 4.74 Å². The van der Waals surface area contributed by atoms with Gasteiger partial charge in [0.2, 0.25) is 0 Å². The van der Waals surface area contributed by atoms with Crippen LogP contribution in [0.5, 0.6) is 5.75 Å². The predicted octanol–water partition coefficient (Wildman–Crippen LogP) is 3.35. The molecule has 3 heteroatoms. The van der Waals surface area contributed by atoms with Gasteiger partial charge in [-0.15, -0.1) is 0 Å². The summed E-state index contributed by atoms with van der Waals surface area (Å²) >= 11 is 2.01. The van der Waals surface area contributed by atoms with Gasteiger partial charge < -0.3 is 10.5 Å². The fourth-order valence-corrected chi connectivity index (χ4v) is 2.71. The molecule has 0 spiro atoms. The molecule has 1 atom stereocenters. The van der Waals surface area contributed by atoms with Crippen LogP contribution in [-0.2, 0) is 6.42 Å². The summed E-state index contributed by atoms with van der Waals surface area (Å²) in [6.07, 6.45) is 3.55. The van der Waals surface area contributed by atoms with Crippen LogP contribution in [0.1, 0.15) is 25.3 Å². The van der Waals surface area contributed by atoms with E-state index in [1.807, 2.05) is 17.8 Å². The fraction of sp³-hybridized carbons (Fsp3) is 0.600. The molecule has 0 bridgehead atoms. The monoisotopic (exact) mass is 267 g/mol. The van der Waals surface area contributed by atoms with Gasteiger partial charge in [0.05, 0.1) is 7.11 Å². The second kappa shape index (κ2) is 9.29. The van der Waals surface area contributed by atoms with Crippen LogP contribution in [0, 0.1) is 5.92 Å². The number of thioether (sulfide) groups is 1. The van der Waals surface area contributed by atoms with Gasteiger partial charge in [-0.1, -0.05) is 19.1 Å². The number of hydrogen-bond acceptors (Lipinski definition) is 3. The average molecular weight is 267 g/mol. The molecule has 0 amide bonds. The van der Waals surface area contributed by atoms with Crippen LogP contribution < -0.4 is 10.5 Å². The zero-order valence-electron chi connectivity index (χ0n) is 11.5. The first-order valence-corrected chi connectivity index (χ1v) is 7.86. The molecule has 102 valence electrons. The summed E-state index contributed by atoms with van der Waals surface area (Å²) in [6, 6.07) is 8.31. The van der Waals surface area contributed by atoms with Gasteiger partial charge in [-0.2, -0.15) is 11.8 Å². The lowest BCUT2D eigenvalue weighted by atomic mass is 9.95. The van der Waals surface area contributed by atoms with E-state index >= 15 is 0 Å². The highest BCUT2D eigenvalue weighted by molar-refractivity contribution is 7.99. The normalized spacial score (nSPS) is 12.4. The van der Waals surface area contributed by atoms with Crippen LogP contribution in [0.2, 0.25) is 0 Å². The average Bonchev–Trinajstić information content (AvgIpc) is 2.42. The van der Waals surface area contributed by atoms with Crippen LogP contribution >= 0.6 is 11.8 Å². The first-order chi connectivity index (χ1) is 8.80. The van der Waals surface area contributed by atoms with E-state index in [2.05, 4.69) is 25.1 Å². The Balaban J connectivity index is 2.41. The van der Waals surface area contributed by atoms with E-state index in [1.54, 1.807) is 7.11 Å². The summed E-state index contributed by atoms with van der Waals surface area (Å²) in [5, 5.41) is 0. The van der Waals surface area contributed by atoms with Crippen molar-refractivity contribution >= 4 is 11.8 Å². The maximum atomic E-state index is 5.87. The van der Waals surface area contributed by atoms with Crippen molar-refractivity contribution in [3.8, 4) is 5.75 Å². The van der Waals surface area contributed by atoms with E-state index in [0.717, 1.165) is 18.7 Å². The molecule has 0 aliphatic heterocycles. The minimum absolute atomic E-state index is 0.592. The van der Waals surface area contributed by atoms with Gasteiger partial charge in [0.15, 0.2) is 0 Å². The number of benzene rings is 1. The van der Waals surface area contributed by atoms with Crippen LogP contribution in [-0.4, -0.2) is 25.2 Å². The molecule has 1 rings (SSSR count). The summed E-state index contributed by atoms with van der Waals surface area (Å²) < 4.78 is 5.25. The Morgan fingerprint density at radius 2 is 2.22 bits per heavy atom. The van der Waals surface area contributed by atoms with E-state index in [4.69, 9.17) is 10.5 Å². The summed E-state index contributed by atoms with van der Waals surface area (Å²) in [4.78, 5) is 0. The number of ether oxygens (including phenoxy) is 1. The largest absolute Gasteiger partial charge is 0.497 e. The van der Waals surface area contributed by atoms with Gasteiger partial charge in [-0.25, -0.2) is 0 Å². The lowest BCUT2D eigenvalue weighted by Crippen LogP contribution is -2.17. The van der Waals surface area contributed by atoms with E-state index in [0.29, 0.717) is 5.92 Å². The minimum Gasteiger partial charge on any atom is -0.497 e. The van der Waals surface area contributed by atoms with Crippen molar-refractivity contribution in [1.82, 2.24) is 0 Å². The van der Waals surface area contributed by atoms with Gasteiger partial charge in [-0.05, 0) is 60.9 Å². The molecule has 0 saturated carbocycles. The highest BCUT2D eigenvalue weighted by Gasteiger charge is 2.08. The number of hydrogen-bond donors (Lipinski definition) is 1. The van der Waals surface area contributed by atoms with Crippen molar-refractivity contribution in [3.05, 3.63) is 29.8 Å². The van der Waals surface area contributed by atoms with Gasteiger partial charge >= 0.3 is 0 Å². The van der Waals surface area contributed by atoms with Gasteiger partial charge in [0.1, 0.15) is 5.75 Å². The Bertz CT molecular complexity index is 330. The van der Waals surface area contributed by atoms with E-state index in [1.165, 1.54) is 29.9 Å². The van der Waals surface area contributed by atoms with E-state index < -0.39 is 0 Å². The summed E-state index contributed by atoms with van der Waals surface area (Å²) in [5.41, 5.74) is 7.19. The van der Waals surface area contributed by atoms with Gasteiger partial charge in [0, 0.05) is 0 Å². The topological polar surface area (TPSA) is 35.2 Å². The minimum atomic E-state index is 0.592. The Hall–Kier alpha value is -0.670. The van der Waals surface area contributed by atoms with Crippen molar-refractivity contribution in [1.29, 1.82) is 0 Å². The SMILES string of the molecule is CCSCCCC(CN)Cc1cccc(OC)c1. The highest BCUT2D eigenvalue weighted by Crippen LogP contribution is 2.19. The molecule has 1 unspecified atom stereocenters. The molecule has 18 heavy (non-hydrogen) atoms. The third kappa shape index (κ3) is 5.78. The zero-order valence-corrected chi connectivity index (χ0v) is 12.3. The molecule has 0 radical (unpaired) electrons. The summed E-state index contributed by atoms with van der Waals surface area (Å²) in [6.45, 7) is 2.98. The second-order valence-corrected chi connectivity index (χ2v) is 5.89. The highest BCUT2D eigenvalue weighted by atomic mass is 32.2. The van der Waals surface area contributed by atoms with Crippen molar-refractivity contribution in [2.75, 3.05) is 25.2 Å². The summed E-state index contributed by atoms with van der Waals surface area (Å²) in [7, 11) is 1.71. The zero-order chi connectivity index (χ0) is 13.2. The van der Waals surface area contributed by atoms with Crippen LogP contribution in [0.3, 0.4) is 0 Å². The molecule has 2 N–H and O–H groups in total. The second-order valence-electron chi connectivity index (χ2n) is 4.50. The van der Waals surface area contributed by atoms with Crippen molar-refractivity contribution in [2.24, 2.45) is 11.7 Å². The standard InChI is InChI=1S/C15H25NOS/c1-3-18-9-5-7-14(12-16)10-13-6-4-8-15(11-13)17-2/h4,6,8,11,14H,3,5,7,9-10,12,16H2,1-2H3. The van der Waals surface area contributed by atoms with Crippen molar-refractivity contribution in [2.45, 2.75) is 26.2 Å². The molecular formula is C15H25NOS. The van der Waals surface area contributed by atoms with Crippen molar-refractivity contribution in [3.63, 3.8) is 0 Å². The molecule has 0 aliphatic carbocycles. The van der Waals surface area contributed by atoms with Gasteiger partial charge in [0.25, 0.3) is 0 Å². The lowest BCUT2D eigenvalue weighted by molar-refractivity contribution is 0.413. The Kier molecular flexibility index (Phi) is 7.94. The first kappa shape index (κ1) is 15.4. The van der Waals surface area contributed by atoms with Crippen LogP contribution in [0.4, 0.5) is 0 Å². The first-order valence-electron chi connectivity index (χ1n) is 6.70. The van der Waals surface area contributed by atoms with E-state index in [-0.39, 0.29) is 0 Å². The fourth-order valence-electron chi connectivity index (χ4n) is 2.05. The number of rotatable bonds is 9. The third-order valence-corrected chi connectivity index (χ3v) is 4.08. The maximum absolute atomic E-state index is 5.87. The molecule has 0 saturated heterocycles. The molecule has 1 aromatic carbocycles. The molecule has 0 aliphatic rings. The molecule has 0 heterocycles. The predicted molar refractivity (Wildman–Crippen MR) is 81.5 cm³/mol. The van der Waals surface area contributed by atoms with Crippen LogP contribution in [0.15, 0.2) is 24.3 Å². The summed E-state index contributed by atoms with van der Waals surface area (Å²) in [5.74, 6) is 3.99. The Morgan fingerprint density at radius 1 is 1.39 bits per heavy atom. The molecule has 0 aromatic heterocycles. The molecule has 2 nitrogen and oxygen atoms in total. The lowest BCUT2D eigenvalue weighted by Gasteiger charge is -2.15. The maximum Gasteiger partial charge on any atom is 0.119 e.